The van der Waals surface area contributed by atoms with Crippen molar-refractivity contribution in [2.24, 2.45) is 5.92 Å². The summed E-state index contributed by atoms with van der Waals surface area (Å²) in [7, 11) is -1.44. The average Bonchev–Trinajstić information content (AvgIpc) is 2.10. The van der Waals surface area contributed by atoms with Crippen LogP contribution in [0.4, 0.5) is 0 Å². The first kappa shape index (κ1) is 13.7. The van der Waals surface area contributed by atoms with Crippen LogP contribution in [-0.2, 0) is 4.43 Å². The molecule has 0 N–H and O–H groups in total. The normalized spacial score (nSPS) is 16.0. The number of rotatable bonds is 7. The van der Waals surface area contributed by atoms with Crippen molar-refractivity contribution in [1.29, 1.82) is 0 Å². The molecule has 0 aromatic rings. The first-order valence-corrected chi connectivity index (χ1v) is 8.76. The van der Waals surface area contributed by atoms with Gasteiger partial charge in [0.1, 0.15) is 0 Å². The Balaban J connectivity index is 4.14. The summed E-state index contributed by atoms with van der Waals surface area (Å²) < 4.78 is 5.99. The molecule has 1 nitrogen and oxygen atoms in total. The molecule has 2 heteroatoms. The SMILES string of the molecule is C=CC(CC)CC(C=C)O[Si](C)(C)C. The van der Waals surface area contributed by atoms with Crippen molar-refractivity contribution >= 4 is 8.32 Å². The average molecular weight is 212 g/mol. The van der Waals surface area contributed by atoms with Crippen LogP contribution in [0.1, 0.15) is 19.8 Å². The number of hydrogen-bond donors (Lipinski definition) is 0. The standard InChI is InChI=1S/C12H24OSi/c1-7-11(8-2)10-12(9-3)13-14(4,5)6/h7,9,11-12H,1,3,8,10H2,2,4-6H3. The fraction of sp³-hybridized carbons (Fsp3) is 0.667. The van der Waals surface area contributed by atoms with E-state index in [4.69, 9.17) is 4.43 Å². The predicted molar refractivity (Wildman–Crippen MR) is 67.0 cm³/mol. The fourth-order valence-corrected chi connectivity index (χ4v) is 2.48. The molecule has 0 bridgehead atoms. The Kier molecular flexibility index (Phi) is 6.05. The number of hydrogen-bond acceptors (Lipinski definition) is 1. The number of allylic oxidation sites excluding steroid dienone is 1. The summed E-state index contributed by atoms with van der Waals surface area (Å²) >= 11 is 0. The zero-order valence-electron chi connectivity index (χ0n) is 10.0. The molecular formula is C12H24OSi. The lowest BCUT2D eigenvalue weighted by molar-refractivity contribution is 0.214. The monoisotopic (exact) mass is 212 g/mol. The van der Waals surface area contributed by atoms with Gasteiger partial charge in [0.25, 0.3) is 0 Å². The highest BCUT2D eigenvalue weighted by Crippen LogP contribution is 2.18. The van der Waals surface area contributed by atoms with E-state index >= 15 is 0 Å². The van der Waals surface area contributed by atoms with Crippen molar-refractivity contribution < 1.29 is 4.43 Å². The smallest absolute Gasteiger partial charge is 0.184 e. The summed E-state index contributed by atoms with van der Waals surface area (Å²) in [6.07, 6.45) is 6.29. The van der Waals surface area contributed by atoms with Gasteiger partial charge in [-0.2, -0.15) is 0 Å². The Morgan fingerprint density at radius 3 is 2.07 bits per heavy atom. The van der Waals surface area contributed by atoms with E-state index in [1.807, 2.05) is 12.2 Å². The van der Waals surface area contributed by atoms with Crippen molar-refractivity contribution in [2.75, 3.05) is 0 Å². The maximum absolute atomic E-state index is 5.99. The Morgan fingerprint density at radius 2 is 1.79 bits per heavy atom. The van der Waals surface area contributed by atoms with Gasteiger partial charge >= 0.3 is 0 Å². The molecule has 0 spiro atoms. The van der Waals surface area contributed by atoms with Crippen LogP contribution in [0, 0.1) is 5.92 Å². The Bertz CT molecular complexity index is 181. The molecule has 0 heterocycles. The van der Waals surface area contributed by atoms with Crippen molar-refractivity contribution in [3.05, 3.63) is 25.3 Å². The van der Waals surface area contributed by atoms with E-state index in [-0.39, 0.29) is 6.10 Å². The first-order chi connectivity index (χ1) is 6.42. The highest BCUT2D eigenvalue weighted by molar-refractivity contribution is 6.69. The minimum atomic E-state index is -1.44. The van der Waals surface area contributed by atoms with Crippen LogP contribution in [0.2, 0.25) is 19.6 Å². The van der Waals surface area contributed by atoms with Gasteiger partial charge in [0.15, 0.2) is 8.32 Å². The van der Waals surface area contributed by atoms with E-state index in [2.05, 4.69) is 39.7 Å². The van der Waals surface area contributed by atoms with Crippen molar-refractivity contribution in [3.63, 3.8) is 0 Å². The molecule has 0 aliphatic rings. The van der Waals surface area contributed by atoms with Gasteiger partial charge in [-0.3, -0.25) is 0 Å². The van der Waals surface area contributed by atoms with Gasteiger partial charge in [-0.1, -0.05) is 19.1 Å². The van der Waals surface area contributed by atoms with Crippen LogP contribution in [0.25, 0.3) is 0 Å². The van der Waals surface area contributed by atoms with Crippen LogP contribution in [0.15, 0.2) is 25.3 Å². The summed E-state index contributed by atoms with van der Waals surface area (Å²) in [4.78, 5) is 0. The van der Waals surface area contributed by atoms with Crippen molar-refractivity contribution in [3.8, 4) is 0 Å². The van der Waals surface area contributed by atoms with Crippen LogP contribution in [-0.4, -0.2) is 14.4 Å². The van der Waals surface area contributed by atoms with E-state index in [9.17, 15) is 0 Å². The maximum Gasteiger partial charge on any atom is 0.184 e. The highest BCUT2D eigenvalue weighted by atomic mass is 28.4. The maximum atomic E-state index is 5.99. The minimum Gasteiger partial charge on any atom is -0.411 e. The van der Waals surface area contributed by atoms with Gasteiger partial charge in [-0.25, -0.2) is 0 Å². The summed E-state index contributed by atoms with van der Waals surface area (Å²) in [5, 5.41) is 0. The second-order valence-electron chi connectivity index (χ2n) is 4.64. The molecule has 0 radical (unpaired) electrons. The summed E-state index contributed by atoms with van der Waals surface area (Å²) in [6, 6.07) is 0. The molecule has 0 saturated heterocycles. The molecule has 0 amide bonds. The molecule has 0 fully saturated rings. The summed E-state index contributed by atoms with van der Waals surface area (Å²) in [5.74, 6) is 0.550. The second kappa shape index (κ2) is 6.20. The second-order valence-corrected chi connectivity index (χ2v) is 9.10. The van der Waals surface area contributed by atoms with Gasteiger partial charge in [-0.15, -0.1) is 13.2 Å². The topological polar surface area (TPSA) is 9.23 Å². The van der Waals surface area contributed by atoms with Crippen LogP contribution in [0.5, 0.6) is 0 Å². The minimum absolute atomic E-state index is 0.199. The molecule has 2 unspecified atom stereocenters. The lowest BCUT2D eigenvalue weighted by Crippen LogP contribution is -2.31. The van der Waals surface area contributed by atoms with Gasteiger partial charge in [0.2, 0.25) is 0 Å². The third-order valence-corrected chi connectivity index (χ3v) is 3.17. The lowest BCUT2D eigenvalue weighted by Gasteiger charge is -2.26. The Labute approximate surface area is 90.0 Å². The van der Waals surface area contributed by atoms with E-state index in [1.165, 1.54) is 0 Å². The van der Waals surface area contributed by atoms with E-state index in [1.54, 1.807) is 0 Å². The zero-order chi connectivity index (χ0) is 11.2. The Morgan fingerprint density at radius 1 is 1.21 bits per heavy atom. The van der Waals surface area contributed by atoms with Gasteiger partial charge < -0.3 is 4.43 Å². The van der Waals surface area contributed by atoms with Crippen LogP contribution < -0.4 is 0 Å². The molecule has 82 valence electrons. The van der Waals surface area contributed by atoms with Gasteiger partial charge in [0.05, 0.1) is 6.10 Å². The lowest BCUT2D eigenvalue weighted by atomic mass is 9.99. The quantitative estimate of drug-likeness (QED) is 0.458. The first-order valence-electron chi connectivity index (χ1n) is 5.35. The fourth-order valence-electron chi connectivity index (χ4n) is 1.37. The van der Waals surface area contributed by atoms with Crippen molar-refractivity contribution in [2.45, 2.75) is 45.5 Å². The molecule has 14 heavy (non-hydrogen) atoms. The van der Waals surface area contributed by atoms with E-state index in [0.717, 1.165) is 12.8 Å². The molecule has 0 aromatic carbocycles. The Hall–Kier alpha value is -0.343. The molecule has 0 rings (SSSR count). The van der Waals surface area contributed by atoms with Crippen molar-refractivity contribution in [1.82, 2.24) is 0 Å². The van der Waals surface area contributed by atoms with E-state index in [0.29, 0.717) is 5.92 Å². The van der Waals surface area contributed by atoms with Gasteiger partial charge in [0, 0.05) is 0 Å². The molecule has 0 aromatic heterocycles. The predicted octanol–water partition coefficient (Wildman–Crippen LogP) is 3.99. The molecule has 0 saturated carbocycles. The molecule has 0 aliphatic carbocycles. The molecule has 0 aliphatic heterocycles. The highest BCUT2D eigenvalue weighted by Gasteiger charge is 2.20. The van der Waals surface area contributed by atoms with Crippen LogP contribution in [0.3, 0.4) is 0 Å². The van der Waals surface area contributed by atoms with E-state index < -0.39 is 8.32 Å². The zero-order valence-corrected chi connectivity index (χ0v) is 11.0. The molecular weight excluding hydrogens is 188 g/mol. The largest absolute Gasteiger partial charge is 0.411 e. The summed E-state index contributed by atoms with van der Waals surface area (Å²) in [5.41, 5.74) is 0. The summed E-state index contributed by atoms with van der Waals surface area (Å²) in [6.45, 7) is 16.5. The van der Waals surface area contributed by atoms with Gasteiger partial charge in [-0.05, 0) is 38.4 Å². The van der Waals surface area contributed by atoms with Crippen LogP contribution >= 0.6 is 0 Å². The molecule has 2 atom stereocenters. The third-order valence-electron chi connectivity index (χ3n) is 2.16. The third kappa shape index (κ3) is 6.16.